The number of nitrogens with zero attached hydrogens (tertiary/aromatic N) is 4. The van der Waals surface area contributed by atoms with Crippen molar-refractivity contribution in [3.8, 4) is 0 Å². The minimum atomic E-state index is -4.31. The number of rotatable bonds is 7. The van der Waals surface area contributed by atoms with Gasteiger partial charge in [0.05, 0.1) is 5.56 Å². The minimum absolute atomic E-state index is 0.401. The Hall–Kier alpha value is -2.58. The summed E-state index contributed by atoms with van der Waals surface area (Å²) in [5.74, 6) is 0.615. The molecule has 6 nitrogen and oxygen atoms in total. The first-order valence-electron chi connectivity index (χ1n) is 7.92. The summed E-state index contributed by atoms with van der Waals surface area (Å²) in [5, 5.41) is 13.7. The number of aliphatic imine (C=N–C) groups is 1. The quantitative estimate of drug-likeness (QED) is 0.455. The molecule has 0 spiro atoms. The van der Waals surface area contributed by atoms with Gasteiger partial charge in [-0.25, -0.2) is 0 Å². The zero-order valence-electron chi connectivity index (χ0n) is 13.9. The molecule has 0 saturated carbocycles. The fourth-order valence-electron chi connectivity index (χ4n) is 2.18. The predicted octanol–water partition coefficient (Wildman–Crippen LogP) is 2.44. The fraction of sp³-hybridized carbons (Fsp3) is 0.438. The molecule has 0 radical (unpaired) electrons. The van der Waals surface area contributed by atoms with Gasteiger partial charge in [-0.15, -0.1) is 10.2 Å². The van der Waals surface area contributed by atoms with Gasteiger partial charge in [0, 0.05) is 26.7 Å². The van der Waals surface area contributed by atoms with Gasteiger partial charge < -0.3 is 15.2 Å². The van der Waals surface area contributed by atoms with E-state index in [9.17, 15) is 13.2 Å². The lowest BCUT2D eigenvalue weighted by Gasteiger charge is -2.12. The maximum Gasteiger partial charge on any atom is 0.416 e. The molecule has 0 aliphatic heterocycles. The molecule has 0 bridgehead atoms. The number of benzene rings is 1. The van der Waals surface area contributed by atoms with E-state index in [0.29, 0.717) is 12.5 Å². The van der Waals surface area contributed by atoms with Crippen LogP contribution in [0.15, 0.2) is 41.9 Å². The Morgan fingerprint density at radius 1 is 1.08 bits per heavy atom. The third kappa shape index (κ3) is 6.44. The summed E-state index contributed by atoms with van der Waals surface area (Å²) in [6, 6.07) is 5.08. The van der Waals surface area contributed by atoms with E-state index < -0.39 is 11.7 Å². The monoisotopic (exact) mass is 354 g/mol. The summed E-state index contributed by atoms with van der Waals surface area (Å²) in [6.07, 6.45) is 0.965. The molecule has 0 aliphatic carbocycles. The number of aryl methyl sites for hydroxylation is 1. The van der Waals surface area contributed by atoms with Crippen molar-refractivity contribution in [2.24, 2.45) is 4.99 Å². The van der Waals surface area contributed by atoms with E-state index in [-0.39, 0.29) is 0 Å². The Labute approximate surface area is 144 Å². The molecule has 2 rings (SSSR count). The van der Waals surface area contributed by atoms with Crippen molar-refractivity contribution in [3.63, 3.8) is 0 Å². The van der Waals surface area contributed by atoms with Crippen LogP contribution in [0.3, 0.4) is 0 Å². The highest BCUT2D eigenvalue weighted by Crippen LogP contribution is 2.28. The van der Waals surface area contributed by atoms with E-state index >= 15 is 0 Å². The van der Waals surface area contributed by atoms with Crippen molar-refractivity contribution in [1.29, 1.82) is 0 Å². The second-order valence-electron chi connectivity index (χ2n) is 5.45. The van der Waals surface area contributed by atoms with Gasteiger partial charge >= 0.3 is 6.18 Å². The minimum Gasteiger partial charge on any atom is -0.356 e. The highest BCUT2D eigenvalue weighted by atomic mass is 19.4. The number of alkyl halides is 3. The summed E-state index contributed by atoms with van der Waals surface area (Å²) in [6.45, 7) is 2.00. The van der Waals surface area contributed by atoms with Crippen molar-refractivity contribution in [2.45, 2.75) is 32.1 Å². The Kier molecular flexibility index (Phi) is 6.79. The van der Waals surface area contributed by atoms with Crippen molar-refractivity contribution >= 4 is 5.96 Å². The van der Waals surface area contributed by atoms with Crippen LogP contribution in [0.1, 0.15) is 24.0 Å². The van der Waals surface area contributed by atoms with Gasteiger partial charge in [0.2, 0.25) is 0 Å². The van der Waals surface area contributed by atoms with Crippen LogP contribution in [0.4, 0.5) is 13.2 Å². The van der Waals surface area contributed by atoms with Crippen LogP contribution in [-0.4, -0.2) is 34.3 Å². The molecule has 0 fully saturated rings. The molecule has 0 aliphatic rings. The number of nitrogens with one attached hydrogen (secondary N) is 2. The lowest BCUT2D eigenvalue weighted by Crippen LogP contribution is -2.37. The Morgan fingerprint density at radius 2 is 1.76 bits per heavy atom. The van der Waals surface area contributed by atoms with E-state index in [4.69, 9.17) is 0 Å². The predicted molar refractivity (Wildman–Crippen MR) is 88.9 cm³/mol. The van der Waals surface area contributed by atoms with Gasteiger partial charge in [-0.3, -0.25) is 4.99 Å². The molecule has 136 valence electrons. The summed E-state index contributed by atoms with van der Waals surface area (Å²) in [5.41, 5.74) is 0.107. The smallest absolute Gasteiger partial charge is 0.356 e. The van der Waals surface area contributed by atoms with Crippen molar-refractivity contribution in [3.05, 3.63) is 48.0 Å². The first-order valence-corrected chi connectivity index (χ1v) is 7.92. The molecule has 0 atom stereocenters. The summed E-state index contributed by atoms with van der Waals surface area (Å²) in [4.78, 5) is 4.10. The maximum atomic E-state index is 12.5. The van der Waals surface area contributed by atoms with Crippen LogP contribution in [0.25, 0.3) is 0 Å². The van der Waals surface area contributed by atoms with Crippen molar-refractivity contribution < 1.29 is 13.2 Å². The molecule has 25 heavy (non-hydrogen) atoms. The second-order valence-corrected chi connectivity index (χ2v) is 5.45. The number of unbranched alkanes of at least 4 members (excludes halogenated alkanes) is 1. The lowest BCUT2D eigenvalue weighted by atomic mass is 10.1. The van der Waals surface area contributed by atoms with Crippen LogP contribution in [0, 0.1) is 0 Å². The van der Waals surface area contributed by atoms with E-state index in [0.717, 1.165) is 43.6 Å². The highest BCUT2D eigenvalue weighted by Gasteiger charge is 2.29. The SMILES string of the molecule is CN=C(NCCCCn1cnnc1)NCc1ccc(C(F)(F)F)cc1. The Bertz CT molecular complexity index is 650. The molecule has 1 aromatic carbocycles. The maximum absolute atomic E-state index is 12.5. The fourth-order valence-corrected chi connectivity index (χ4v) is 2.18. The number of hydrogen-bond donors (Lipinski definition) is 2. The standard InChI is InChI=1S/C16H21F3N6/c1-20-15(21-8-2-3-9-25-11-23-24-12-25)22-10-13-4-6-14(7-5-13)16(17,18)19/h4-7,11-12H,2-3,8-10H2,1H3,(H2,20,21,22). The summed E-state index contributed by atoms with van der Waals surface area (Å²) in [7, 11) is 1.65. The average molecular weight is 354 g/mol. The topological polar surface area (TPSA) is 67.1 Å². The number of guanidine groups is 1. The second kappa shape index (κ2) is 9.05. The van der Waals surface area contributed by atoms with E-state index in [2.05, 4.69) is 25.8 Å². The van der Waals surface area contributed by atoms with Gasteiger partial charge in [-0.2, -0.15) is 13.2 Å². The molecular weight excluding hydrogens is 333 g/mol. The van der Waals surface area contributed by atoms with Crippen LogP contribution in [-0.2, 0) is 19.3 Å². The molecule has 2 N–H and O–H groups in total. The van der Waals surface area contributed by atoms with Gasteiger partial charge in [-0.1, -0.05) is 12.1 Å². The molecular formula is C16H21F3N6. The summed E-state index contributed by atoms with van der Waals surface area (Å²) >= 11 is 0. The van der Waals surface area contributed by atoms with E-state index in [1.54, 1.807) is 19.7 Å². The van der Waals surface area contributed by atoms with Crippen LogP contribution in [0.5, 0.6) is 0 Å². The van der Waals surface area contributed by atoms with Gasteiger partial charge in [0.1, 0.15) is 12.7 Å². The van der Waals surface area contributed by atoms with Gasteiger partial charge in [0.25, 0.3) is 0 Å². The first kappa shape index (κ1) is 18.8. The molecule has 9 heteroatoms. The third-order valence-electron chi connectivity index (χ3n) is 3.57. The Morgan fingerprint density at radius 3 is 2.36 bits per heavy atom. The van der Waals surface area contributed by atoms with Gasteiger partial charge in [0.15, 0.2) is 5.96 Å². The van der Waals surface area contributed by atoms with Crippen LogP contribution in [0.2, 0.25) is 0 Å². The molecule has 1 aromatic heterocycles. The zero-order valence-corrected chi connectivity index (χ0v) is 13.9. The van der Waals surface area contributed by atoms with E-state index in [1.165, 1.54) is 12.1 Å². The molecule has 1 heterocycles. The molecule has 0 saturated heterocycles. The molecule has 0 unspecified atom stereocenters. The lowest BCUT2D eigenvalue weighted by molar-refractivity contribution is -0.137. The molecule has 2 aromatic rings. The number of halogens is 3. The highest BCUT2D eigenvalue weighted by molar-refractivity contribution is 5.79. The first-order chi connectivity index (χ1) is 12.0. The Balaban J connectivity index is 1.67. The van der Waals surface area contributed by atoms with Crippen molar-refractivity contribution in [1.82, 2.24) is 25.4 Å². The normalized spacial score (nSPS) is 12.2. The largest absolute Gasteiger partial charge is 0.416 e. The van der Waals surface area contributed by atoms with Gasteiger partial charge in [-0.05, 0) is 30.5 Å². The number of hydrogen-bond acceptors (Lipinski definition) is 3. The average Bonchev–Trinajstić information content (AvgIpc) is 3.10. The third-order valence-corrected chi connectivity index (χ3v) is 3.57. The van der Waals surface area contributed by atoms with Crippen LogP contribution >= 0.6 is 0 Å². The van der Waals surface area contributed by atoms with E-state index in [1.807, 2.05) is 4.57 Å². The number of aromatic nitrogens is 3. The zero-order chi connectivity index (χ0) is 18.1. The van der Waals surface area contributed by atoms with Crippen LogP contribution < -0.4 is 10.6 Å². The molecule has 0 amide bonds. The van der Waals surface area contributed by atoms with Crippen molar-refractivity contribution in [2.75, 3.05) is 13.6 Å². The summed E-state index contributed by atoms with van der Waals surface area (Å²) < 4.78 is 39.5.